The quantitative estimate of drug-likeness (QED) is 0.330. The number of ether oxygens (including phenoxy) is 1. The lowest BCUT2D eigenvalue weighted by Gasteiger charge is -2.09. The monoisotopic (exact) mass is 411 g/mol. The first kappa shape index (κ1) is 20.3. The van der Waals surface area contributed by atoms with Gasteiger partial charge in [-0.2, -0.15) is 0 Å². The molecule has 3 aromatic rings. The first-order valence-electron chi connectivity index (χ1n) is 8.63. The van der Waals surface area contributed by atoms with Gasteiger partial charge in [0, 0.05) is 28.0 Å². The molecule has 148 valence electrons. The Morgan fingerprint density at radius 2 is 1.66 bits per heavy atom. The van der Waals surface area contributed by atoms with E-state index in [4.69, 9.17) is 9.15 Å². The van der Waals surface area contributed by atoms with Crippen LogP contribution in [-0.4, -0.2) is 10.9 Å². The van der Waals surface area contributed by atoms with Gasteiger partial charge < -0.3 is 9.15 Å². The molecule has 2 aromatic carbocycles. The number of nitro groups is 1. The Balaban J connectivity index is 1.61. The Bertz CT molecular complexity index is 1080. The topological polar surface area (TPSA) is 99.7 Å². The normalized spacial score (nSPS) is 10.6. The number of nitro benzene ring substituents is 1. The molecule has 0 saturated carbocycles. The Labute approximate surface area is 170 Å². The van der Waals surface area contributed by atoms with E-state index in [2.05, 4.69) is 0 Å². The van der Waals surface area contributed by atoms with E-state index in [1.807, 2.05) is 24.3 Å². The van der Waals surface area contributed by atoms with Gasteiger partial charge in [-0.05, 0) is 49.2 Å². The lowest BCUT2D eigenvalue weighted by molar-refractivity contribution is -0.384. The molecule has 0 N–H and O–H groups in total. The minimum atomic E-state index is -0.548. The van der Waals surface area contributed by atoms with E-state index in [9.17, 15) is 19.7 Å². The second-order valence-electron chi connectivity index (χ2n) is 6.25. The highest BCUT2D eigenvalue weighted by atomic mass is 32.2. The third-order valence-corrected chi connectivity index (χ3v) is 5.13. The van der Waals surface area contributed by atoms with Crippen molar-refractivity contribution in [2.45, 2.75) is 30.2 Å². The van der Waals surface area contributed by atoms with E-state index in [0.29, 0.717) is 5.56 Å². The zero-order valence-corrected chi connectivity index (χ0v) is 16.5. The van der Waals surface area contributed by atoms with E-state index in [1.54, 1.807) is 26.0 Å². The summed E-state index contributed by atoms with van der Waals surface area (Å²) in [4.78, 5) is 35.7. The van der Waals surface area contributed by atoms with Crippen LogP contribution in [0.3, 0.4) is 0 Å². The smallest absolute Gasteiger partial charge is 0.342 e. The first-order valence-corrected chi connectivity index (χ1v) is 9.45. The molecule has 0 aliphatic carbocycles. The molecular weight excluding hydrogens is 394 g/mol. The van der Waals surface area contributed by atoms with E-state index in [0.717, 1.165) is 15.4 Å². The summed E-state index contributed by atoms with van der Waals surface area (Å²) < 4.78 is 10.3. The molecule has 0 aliphatic rings. The summed E-state index contributed by atoms with van der Waals surface area (Å²) in [6.07, 6.45) is 0. The summed E-state index contributed by atoms with van der Waals surface area (Å²) in [7, 11) is 0. The van der Waals surface area contributed by atoms with Crippen LogP contribution in [0.1, 0.15) is 27.2 Å². The minimum absolute atomic E-state index is 0.0506. The van der Waals surface area contributed by atoms with Crippen LogP contribution in [0.15, 0.2) is 73.6 Å². The van der Waals surface area contributed by atoms with Gasteiger partial charge in [0.05, 0.1) is 4.92 Å². The zero-order chi connectivity index (χ0) is 21.0. The van der Waals surface area contributed by atoms with Crippen LogP contribution in [0, 0.1) is 24.0 Å². The van der Waals surface area contributed by atoms with Crippen molar-refractivity contribution in [2.24, 2.45) is 0 Å². The molecule has 8 heteroatoms. The number of esters is 1. The molecular formula is C21H17NO6S. The van der Waals surface area contributed by atoms with Crippen molar-refractivity contribution >= 4 is 23.4 Å². The Hall–Kier alpha value is -3.39. The fourth-order valence-corrected chi connectivity index (χ4v) is 3.53. The SMILES string of the molecule is Cc1cc(=O)oc(C)c1C(=O)OCc1ccc(Sc2ccc([N+](=O)[O-])cc2)cc1. The number of hydrogen-bond acceptors (Lipinski definition) is 7. The highest BCUT2D eigenvalue weighted by Crippen LogP contribution is 2.29. The number of rotatable bonds is 6. The van der Waals surface area contributed by atoms with Crippen molar-refractivity contribution in [1.82, 2.24) is 0 Å². The lowest BCUT2D eigenvalue weighted by Crippen LogP contribution is -2.12. The second-order valence-corrected chi connectivity index (χ2v) is 7.40. The number of carbonyl (C=O) groups is 1. The van der Waals surface area contributed by atoms with Gasteiger partial charge in [-0.15, -0.1) is 0 Å². The predicted molar refractivity (Wildman–Crippen MR) is 107 cm³/mol. The maximum atomic E-state index is 12.3. The minimum Gasteiger partial charge on any atom is -0.457 e. The first-order chi connectivity index (χ1) is 13.8. The summed E-state index contributed by atoms with van der Waals surface area (Å²) in [5.41, 5.74) is 1.12. The van der Waals surface area contributed by atoms with Crippen LogP contribution in [0.5, 0.6) is 0 Å². The van der Waals surface area contributed by atoms with Gasteiger partial charge in [0.25, 0.3) is 5.69 Å². The van der Waals surface area contributed by atoms with E-state index >= 15 is 0 Å². The number of aryl methyl sites for hydroxylation is 2. The molecule has 29 heavy (non-hydrogen) atoms. The summed E-state index contributed by atoms with van der Waals surface area (Å²) in [6, 6.07) is 15.0. The van der Waals surface area contributed by atoms with Gasteiger partial charge in [-0.25, -0.2) is 9.59 Å². The predicted octanol–water partition coefficient (Wildman–Crippen LogP) is 4.67. The summed E-state index contributed by atoms with van der Waals surface area (Å²) in [6.45, 7) is 3.29. The molecule has 0 radical (unpaired) electrons. The highest BCUT2D eigenvalue weighted by Gasteiger charge is 2.16. The average molecular weight is 411 g/mol. The van der Waals surface area contributed by atoms with Gasteiger partial charge in [0.2, 0.25) is 0 Å². The van der Waals surface area contributed by atoms with Crippen LogP contribution >= 0.6 is 11.8 Å². The molecule has 0 aliphatic heterocycles. The number of carbonyl (C=O) groups excluding carboxylic acids is 1. The van der Waals surface area contributed by atoms with Crippen molar-refractivity contribution < 1.29 is 18.9 Å². The summed E-state index contributed by atoms with van der Waals surface area (Å²) in [5.74, 6) is -0.317. The van der Waals surface area contributed by atoms with Crippen LogP contribution in [-0.2, 0) is 11.3 Å². The number of hydrogen-bond donors (Lipinski definition) is 0. The van der Waals surface area contributed by atoms with Crippen molar-refractivity contribution in [3.63, 3.8) is 0 Å². The largest absolute Gasteiger partial charge is 0.457 e. The van der Waals surface area contributed by atoms with Gasteiger partial charge in [-0.1, -0.05) is 23.9 Å². The van der Waals surface area contributed by atoms with Gasteiger partial charge in [0.1, 0.15) is 17.9 Å². The molecule has 1 heterocycles. The molecule has 0 saturated heterocycles. The molecule has 7 nitrogen and oxygen atoms in total. The maximum absolute atomic E-state index is 12.3. The van der Waals surface area contributed by atoms with Crippen molar-refractivity contribution in [1.29, 1.82) is 0 Å². The molecule has 0 atom stereocenters. The Kier molecular flexibility index (Phi) is 6.13. The zero-order valence-electron chi connectivity index (χ0n) is 15.7. The Morgan fingerprint density at radius 3 is 2.21 bits per heavy atom. The third kappa shape index (κ3) is 5.11. The van der Waals surface area contributed by atoms with E-state index in [-0.39, 0.29) is 23.6 Å². The third-order valence-electron chi connectivity index (χ3n) is 4.12. The molecule has 0 unspecified atom stereocenters. The Morgan fingerprint density at radius 1 is 1.07 bits per heavy atom. The van der Waals surface area contributed by atoms with Gasteiger partial charge >= 0.3 is 11.6 Å². The van der Waals surface area contributed by atoms with Crippen molar-refractivity contribution in [3.05, 3.63) is 97.6 Å². The molecule has 0 spiro atoms. The number of benzene rings is 2. The van der Waals surface area contributed by atoms with Gasteiger partial charge in [0.15, 0.2) is 0 Å². The molecule has 3 rings (SSSR count). The van der Waals surface area contributed by atoms with E-state index in [1.165, 1.54) is 30.0 Å². The highest BCUT2D eigenvalue weighted by molar-refractivity contribution is 7.99. The lowest BCUT2D eigenvalue weighted by atomic mass is 10.1. The molecule has 1 aromatic heterocycles. The van der Waals surface area contributed by atoms with Gasteiger partial charge in [-0.3, -0.25) is 10.1 Å². The standard InChI is InChI=1S/C21H17NO6S/c1-13-11-19(23)28-14(2)20(13)21(24)27-12-15-3-7-17(8-4-15)29-18-9-5-16(6-10-18)22(25)26/h3-11H,12H2,1-2H3. The summed E-state index contributed by atoms with van der Waals surface area (Å²) in [5, 5.41) is 10.7. The number of nitrogens with zero attached hydrogens (tertiary/aromatic N) is 1. The molecule has 0 fully saturated rings. The molecule has 0 amide bonds. The van der Waals surface area contributed by atoms with Crippen LogP contribution in [0.2, 0.25) is 0 Å². The number of non-ortho nitro benzene ring substituents is 1. The van der Waals surface area contributed by atoms with Crippen LogP contribution in [0.4, 0.5) is 5.69 Å². The van der Waals surface area contributed by atoms with Crippen molar-refractivity contribution in [2.75, 3.05) is 0 Å². The van der Waals surface area contributed by atoms with E-state index < -0.39 is 16.5 Å². The van der Waals surface area contributed by atoms with Crippen LogP contribution in [0.25, 0.3) is 0 Å². The molecule has 0 bridgehead atoms. The average Bonchev–Trinajstić information content (AvgIpc) is 2.67. The van der Waals surface area contributed by atoms with Crippen LogP contribution < -0.4 is 5.63 Å². The maximum Gasteiger partial charge on any atom is 0.342 e. The second kappa shape index (κ2) is 8.74. The summed E-state index contributed by atoms with van der Waals surface area (Å²) >= 11 is 1.47. The fraction of sp³-hybridized carbons (Fsp3) is 0.143. The fourth-order valence-electron chi connectivity index (χ4n) is 2.71. The van der Waals surface area contributed by atoms with Crippen molar-refractivity contribution in [3.8, 4) is 0 Å².